The highest BCUT2D eigenvalue weighted by molar-refractivity contribution is 8.00. The van der Waals surface area contributed by atoms with Crippen LogP contribution in [0.15, 0.2) is 58.2 Å². The molecule has 1 N–H and O–H groups in total. The molecule has 144 valence electrons. The van der Waals surface area contributed by atoms with Crippen molar-refractivity contribution in [2.75, 3.05) is 6.54 Å². The summed E-state index contributed by atoms with van der Waals surface area (Å²) in [5.74, 6) is 0.882. The van der Waals surface area contributed by atoms with Gasteiger partial charge in [0.15, 0.2) is 5.58 Å². The molecule has 0 bridgehead atoms. The van der Waals surface area contributed by atoms with Crippen LogP contribution in [0.25, 0.3) is 16.6 Å². The van der Waals surface area contributed by atoms with Crippen molar-refractivity contribution in [3.8, 4) is 0 Å². The lowest BCUT2D eigenvalue weighted by atomic mass is 10.1. The summed E-state index contributed by atoms with van der Waals surface area (Å²) in [6.45, 7) is 4.55. The van der Waals surface area contributed by atoms with Crippen molar-refractivity contribution in [1.82, 2.24) is 19.9 Å². The first-order valence-corrected chi connectivity index (χ1v) is 10.2. The summed E-state index contributed by atoms with van der Waals surface area (Å²) in [5.41, 5.74) is 3.88. The fraction of sp³-hybridized carbons (Fsp3) is 0.286. The predicted octanol–water partition coefficient (Wildman–Crippen LogP) is 4.01. The number of hydrogen-bond acceptors (Lipinski definition) is 5. The van der Waals surface area contributed by atoms with Crippen molar-refractivity contribution in [2.24, 2.45) is 0 Å². The number of furan rings is 1. The molecule has 3 aromatic heterocycles. The van der Waals surface area contributed by atoms with E-state index in [9.17, 15) is 4.79 Å². The van der Waals surface area contributed by atoms with E-state index in [0.29, 0.717) is 13.0 Å². The van der Waals surface area contributed by atoms with Gasteiger partial charge in [-0.1, -0.05) is 49.0 Å². The van der Waals surface area contributed by atoms with Crippen molar-refractivity contribution < 1.29 is 9.21 Å². The second kappa shape index (κ2) is 8.06. The number of aromatic nitrogens is 3. The first kappa shape index (κ1) is 18.6. The van der Waals surface area contributed by atoms with Crippen LogP contribution in [0.2, 0.25) is 0 Å². The van der Waals surface area contributed by atoms with Crippen molar-refractivity contribution in [2.45, 2.75) is 37.0 Å². The minimum atomic E-state index is -0.223. The van der Waals surface area contributed by atoms with Gasteiger partial charge in [-0.25, -0.2) is 0 Å². The van der Waals surface area contributed by atoms with Crippen LogP contribution >= 0.6 is 11.8 Å². The topological polar surface area (TPSA) is 72.4 Å². The van der Waals surface area contributed by atoms with Gasteiger partial charge in [-0.15, -0.1) is 10.2 Å². The highest BCUT2D eigenvalue weighted by atomic mass is 32.2. The minimum absolute atomic E-state index is 0.0262. The van der Waals surface area contributed by atoms with Crippen LogP contribution in [0.3, 0.4) is 0 Å². The van der Waals surface area contributed by atoms with Crippen molar-refractivity contribution in [3.63, 3.8) is 0 Å². The zero-order valence-electron chi connectivity index (χ0n) is 15.9. The number of nitrogens with zero attached hydrogens (tertiary/aromatic N) is 3. The number of carbonyl (C=O) groups is 1. The number of hydrogen-bond donors (Lipinski definition) is 1. The molecule has 1 unspecified atom stereocenters. The Hall–Kier alpha value is -2.80. The van der Waals surface area contributed by atoms with Crippen LogP contribution in [0.1, 0.15) is 24.7 Å². The molecule has 1 amide bonds. The van der Waals surface area contributed by atoms with E-state index in [1.807, 2.05) is 48.6 Å². The van der Waals surface area contributed by atoms with E-state index in [1.165, 1.54) is 17.3 Å². The SMILES string of the molecule is CCC(Sc1nncn2c1cc1oc(C)cc12)C(=O)NCCc1ccccc1. The maximum Gasteiger partial charge on any atom is 0.233 e. The maximum atomic E-state index is 12.7. The molecule has 0 saturated carbocycles. The number of benzene rings is 1. The number of carbonyl (C=O) groups excluding carboxylic acids is 1. The molecule has 7 heteroatoms. The van der Waals surface area contributed by atoms with Crippen molar-refractivity contribution in [1.29, 1.82) is 0 Å². The van der Waals surface area contributed by atoms with E-state index in [1.54, 1.807) is 6.33 Å². The van der Waals surface area contributed by atoms with Crippen molar-refractivity contribution in [3.05, 3.63) is 60.1 Å². The zero-order valence-corrected chi connectivity index (χ0v) is 16.7. The van der Waals surface area contributed by atoms with E-state index in [2.05, 4.69) is 27.6 Å². The van der Waals surface area contributed by atoms with Gasteiger partial charge in [0.2, 0.25) is 5.91 Å². The van der Waals surface area contributed by atoms with Crippen LogP contribution in [0.4, 0.5) is 0 Å². The van der Waals surface area contributed by atoms with E-state index in [0.717, 1.165) is 33.8 Å². The molecule has 0 radical (unpaired) electrons. The Morgan fingerprint density at radius 2 is 2.07 bits per heavy atom. The molecule has 1 aromatic carbocycles. The van der Waals surface area contributed by atoms with Gasteiger partial charge in [-0.05, 0) is 25.3 Å². The molecule has 4 aromatic rings. The molecule has 28 heavy (non-hydrogen) atoms. The Bertz CT molecular complexity index is 1100. The Balaban J connectivity index is 1.47. The second-order valence-electron chi connectivity index (χ2n) is 6.68. The molecule has 3 heterocycles. The Morgan fingerprint density at radius 3 is 2.86 bits per heavy atom. The molecular weight excluding hydrogens is 372 g/mol. The molecule has 0 aliphatic rings. The van der Waals surface area contributed by atoms with Crippen LogP contribution in [0.5, 0.6) is 0 Å². The summed E-state index contributed by atoms with van der Waals surface area (Å²) < 4.78 is 7.68. The third-order valence-electron chi connectivity index (χ3n) is 4.66. The van der Waals surface area contributed by atoms with Gasteiger partial charge >= 0.3 is 0 Å². The minimum Gasteiger partial charge on any atom is -0.460 e. The summed E-state index contributed by atoms with van der Waals surface area (Å²) >= 11 is 1.45. The van der Waals surface area contributed by atoms with Gasteiger partial charge in [-0.3, -0.25) is 9.20 Å². The quantitative estimate of drug-likeness (QED) is 0.480. The first-order chi connectivity index (χ1) is 13.7. The highest BCUT2D eigenvalue weighted by Crippen LogP contribution is 2.31. The number of amides is 1. The van der Waals surface area contributed by atoms with E-state index < -0.39 is 0 Å². The summed E-state index contributed by atoms with van der Waals surface area (Å²) in [4.78, 5) is 12.7. The van der Waals surface area contributed by atoms with Gasteiger partial charge in [0.25, 0.3) is 0 Å². The molecule has 1 atom stereocenters. The molecule has 6 nitrogen and oxygen atoms in total. The summed E-state index contributed by atoms with van der Waals surface area (Å²) in [6.07, 6.45) is 3.20. The Kier molecular flexibility index (Phi) is 5.34. The molecule has 4 rings (SSSR count). The normalized spacial score (nSPS) is 12.5. The van der Waals surface area contributed by atoms with Crippen molar-refractivity contribution >= 4 is 34.3 Å². The van der Waals surface area contributed by atoms with Gasteiger partial charge in [-0.2, -0.15) is 0 Å². The van der Waals surface area contributed by atoms with Gasteiger partial charge in [0, 0.05) is 18.7 Å². The summed E-state index contributed by atoms with van der Waals surface area (Å²) in [6, 6.07) is 14.1. The third kappa shape index (κ3) is 3.75. The molecule has 0 saturated heterocycles. The van der Waals surface area contributed by atoms with Gasteiger partial charge in [0.1, 0.15) is 17.1 Å². The molecule has 0 spiro atoms. The monoisotopic (exact) mass is 394 g/mol. The van der Waals surface area contributed by atoms with Crippen LogP contribution < -0.4 is 5.32 Å². The van der Waals surface area contributed by atoms with Crippen LogP contribution in [-0.4, -0.2) is 32.3 Å². The lowest BCUT2D eigenvalue weighted by Gasteiger charge is -2.14. The number of thioether (sulfide) groups is 1. The van der Waals surface area contributed by atoms with Gasteiger partial charge < -0.3 is 9.73 Å². The fourth-order valence-corrected chi connectivity index (χ4v) is 4.23. The number of rotatable bonds is 7. The smallest absolute Gasteiger partial charge is 0.233 e. The van der Waals surface area contributed by atoms with E-state index in [4.69, 9.17) is 4.42 Å². The lowest BCUT2D eigenvalue weighted by molar-refractivity contribution is -0.120. The predicted molar refractivity (Wildman–Crippen MR) is 111 cm³/mol. The Labute approximate surface area is 167 Å². The fourth-order valence-electron chi connectivity index (χ4n) is 3.23. The second-order valence-corrected chi connectivity index (χ2v) is 7.88. The lowest BCUT2D eigenvalue weighted by Crippen LogP contribution is -2.33. The summed E-state index contributed by atoms with van der Waals surface area (Å²) in [7, 11) is 0. The zero-order chi connectivity index (χ0) is 19.5. The molecule has 0 aliphatic heterocycles. The highest BCUT2D eigenvalue weighted by Gasteiger charge is 2.21. The average molecular weight is 395 g/mol. The summed E-state index contributed by atoms with van der Waals surface area (Å²) in [5, 5.41) is 11.9. The molecular formula is C21H22N4O2S. The van der Waals surface area contributed by atoms with Crippen LogP contribution in [0, 0.1) is 6.92 Å². The van der Waals surface area contributed by atoms with Gasteiger partial charge in [0.05, 0.1) is 16.3 Å². The number of nitrogens with one attached hydrogen (secondary N) is 1. The van der Waals surface area contributed by atoms with Crippen LogP contribution in [-0.2, 0) is 11.2 Å². The molecule has 0 fully saturated rings. The standard InChI is InChI=1S/C21H22N4O2S/c1-3-19(20(26)22-10-9-15-7-5-4-6-8-15)28-21-17-12-18-16(11-14(2)27-18)25(17)13-23-24-21/h4-8,11-13,19H,3,9-10H2,1-2H3,(H,22,26). The number of fused-ring (bicyclic) bond motifs is 3. The maximum absolute atomic E-state index is 12.7. The number of aryl methyl sites for hydroxylation is 1. The average Bonchev–Trinajstić information content (AvgIpc) is 3.23. The van der Waals surface area contributed by atoms with E-state index in [-0.39, 0.29) is 11.2 Å². The van der Waals surface area contributed by atoms with E-state index >= 15 is 0 Å². The molecule has 0 aliphatic carbocycles. The largest absolute Gasteiger partial charge is 0.460 e. The first-order valence-electron chi connectivity index (χ1n) is 9.37. The Morgan fingerprint density at radius 1 is 1.25 bits per heavy atom. The third-order valence-corrected chi connectivity index (χ3v) is 6.00.